The number of carbonyl (C=O) groups excluding carboxylic acids is 1. The fourth-order valence-corrected chi connectivity index (χ4v) is 4.05. The molecule has 1 atom stereocenters. The molecule has 23 heavy (non-hydrogen) atoms. The van der Waals surface area contributed by atoms with E-state index in [1.165, 1.54) is 11.9 Å². The summed E-state index contributed by atoms with van der Waals surface area (Å²) in [5.41, 5.74) is -0.453. The summed E-state index contributed by atoms with van der Waals surface area (Å²) in [5, 5.41) is 10.8. The molecule has 0 unspecified atom stereocenters. The minimum Gasteiger partial charge on any atom is -0.477 e. The van der Waals surface area contributed by atoms with Crippen LogP contribution in [0.5, 0.6) is 5.75 Å². The Labute approximate surface area is 131 Å². The Morgan fingerprint density at radius 1 is 1.52 bits per heavy atom. The topological polar surface area (TPSA) is 107 Å². The van der Waals surface area contributed by atoms with Crippen molar-refractivity contribution in [2.75, 3.05) is 25.2 Å². The summed E-state index contributed by atoms with van der Waals surface area (Å²) in [4.78, 5) is 23.4. The predicted octanol–water partition coefficient (Wildman–Crippen LogP) is 0.758. The summed E-state index contributed by atoms with van der Waals surface area (Å²) in [6, 6.07) is 2.24. The molecule has 0 aromatic heterocycles. The van der Waals surface area contributed by atoms with Crippen molar-refractivity contribution in [2.45, 2.75) is 12.5 Å². The Bertz CT molecular complexity index is 736. The van der Waals surface area contributed by atoms with E-state index in [1.54, 1.807) is 0 Å². The van der Waals surface area contributed by atoms with E-state index in [0.717, 1.165) is 18.2 Å². The van der Waals surface area contributed by atoms with Crippen LogP contribution < -0.4 is 4.74 Å². The van der Waals surface area contributed by atoms with E-state index in [9.17, 15) is 27.7 Å². The second-order valence-electron chi connectivity index (χ2n) is 5.22. The lowest BCUT2D eigenvalue weighted by molar-refractivity contribution is -0.385. The van der Waals surface area contributed by atoms with Gasteiger partial charge in [-0.1, -0.05) is 0 Å². The molecule has 0 N–H and O–H groups in total. The zero-order chi connectivity index (χ0) is 17.2. The predicted molar refractivity (Wildman–Crippen MR) is 78.4 cm³/mol. The first kappa shape index (κ1) is 17.1. The zero-order valence-corrected chi connectivity index (χ0v) is 13.1. The zero-order valence-electron chi connectivity index (χ0n) is 12.3. The summed E-state index contributed by atoms with van der Waals surface area (Å²) in [6.45, 7) is -0.544. The van der Waals surface area contributed by atoms with Gasteiger partial charge in [-0.05, 0) is 12.5 Å². The van der Waals surface area contributed by atoms with Crippen LogP contribution in [0.1, 0.15) is 6.42 Å². The maximum absolute atomic E-state index is 13.2. The van der Waals surface area contributed by atoms with E-state index in [0.29, 0.717) is 6.42 Å². The molecule has 1 aliphatic heterocycles. The van der Waals surface area contributed by atoms with Crippen LogP contribution in [0.4, 0.5) is 10.1 Å². The minimum absolute atomic E-state index is 0.0194. The number of ether oxygens (including phenoxy) is 1. The standard InChI is InChI=1S/C13H15FN2O6S/c1-15(10-4-5-23(20,21)8-10)13(17)7-22-12-6-9(14)2-3-11(12)16(18)19/h2-3,6,10H,4-5,7-8H2,1H3/t10-/m0/s1. The van der Waals surface area contributed by atoms with Crippen molar-refractivity contribution in [1.82, 2.24) is 4.90 Å². The fraction of sp³-hybridized carbons (Fsp3) is 0.462. The van der Waals surface area contributed by atoms with Crippen LogP contribution in [0.3, 0.4) is 0 Å². The second-order valence-corrected chi connectivity index (χ2v) is 7.45. The highest BCUT2D eigenvalue weighted by molar-refractivity contribution is 7.91. The van der Waals surface area contributed by atoms with E-state index < -0.39 is 44.8 Å². The number of rotatable bonds is 5. The summed E-state index contributed by atoms with van der Waals surface area (Å²) in [7, 11) is -1.70. The lowest BCUT2D eigenvalue weighted by Crippen LogP contribution is -2.40. The number of nitrogens with zero attached hydrogens (tertiary/aromatic N) is 2. The summed E-state index contributed by atoms with van der Waals surface area (Å²) in [5.74, 6) is -1.71. The van der Waals surface area contributed by atoms with Crippen molar-refractivity contribution in [3.05, 3.63) is 34.1 Å². The first-order valence-corrected chi connectivity index (χ1v) is 8.54. The van der Waals surface area contributed by atoms with Crippen LogP contribution in [-0.2, 0) is 14.6 Å². The first-order chi connectivity index (χ1) is 10.7. The van der Waals surface area contributed by atoms with Gasteiger partial charge in [0.25, 0.3) is 5.91 Å². The van der Waals surface area contributed by atoms with E-state index in [2.05, 4.69) is 0 Å². The van der Waals surface area contributed by atoms with Crippen LogP contribution in [0.25, 0.3) is 0 Å². The minimum atomic E-state index is -3.14. The van der Waals surface area contributed by atoms with Crippen molar-refractivity contribution in [1.29, 1.82) is 0 Å². The normalized spacial score (nSPS) is 19.3. The highest BCUT2D eigenvalue weighted by Gasteiger charge is 2.33. The first-order valence-electron chi connectivity index (χ1n) is 6.72. The number of hydrogen-bond acceptors (Lipinski definition) is 6. The Morgan fingerprint density at radius 3 is 2.78 bits per heavy atom. The largest absolute Gasteiger partial charge is 0.477 e. The Kier molecular flexibility index (Phi) is 4.83. The highest BCUT2D eigenvalue weighted by atomic mass is 32.2. The SMILES string of the molecule is CN(C(=O)COc1cc(F)ccc1[N+](=O)[O-])[C@H]1CCS(=O)(=O)C1. The molecule has 10 heteroatoms. The van der Waals surface area contributed by atoms with Crippen molar-refractivity contribution < 1.29 is 27.3 Å². The van der Waals surface area contributed by atoms with E-state index in [-0.39, 0.29) is 17.3 Å². The van der Waals surface area contributed by atoms with Crippen LogP contribution in [-0.4, -0.2) is 55.4 Å². The molecule has 126 valence electrons. The summed E-state index contributed by atoms with van der Waals surface area (Å²) < 4.78 is 41.0. The molecule has 1 heterocycles. The number of amides is 1. The van der Waals surface area contributed by atoms with Crippen molar-refractivity contribution in [2.24, 2.45) is 0 Å². The number of sulfone groups is 1. The van der Waals surface area contributed by atoms with E-state index in [4.69, 9.17) is 4.74 Å². The molecule has 0 aliphatic carbocycles. The molecule has 1 aliphatic rings. The molecular formula is C13H15FN2O6S. The van der Waals surface area contributed by atoms with E-state index >= 15 is 0 Å². The molecule has 1 amide bonds. The molecule has 1 aromatic carbocycles. The van der Waals surface area contributed by atoms with Gasteiger partial charge in [0.1, 0.15) is 5.82 Å². The average Bonchev–Trinajstić information content (AvgIpc) is 2.83. The third kappa shape index (κ3) is 4.15. The Hall–Kier alpha value is -2.23. The maximum atomic E-state index is 13.2. The van der Waals surface area contributed by atoms with Crippen LogP contribution in [0.2, 0.25) is 0 Å². The van der Waals surface area contributed by atoms with Crippen molar-refractivity contribution in [3.8, 4) is 5.75 Å². The number of halogens is 1. The van der Waals surface area contributed by atoms with Crippen LogP contribution in [0, 0.1) is 15.9 Å². The lowest BCUT2D eigenvalue weighted by atomic mass is 10.2. The molecular weight excluding hydrogens is 331 g/mol. The molecule has 8 nitrogen and oxygen atoms in total. The molecule has 0 saturated carbocycles. The van der Waals surface area contributed by atoms with Gasteiger partial charge in [-0.2, -0.15) is 0 Å². The van der Waals surface area contributed by atoms with Gasteiger partial charge in [-0.3, -0.25) is 14.9 Å². The molecule has 2 rings (SSSR count). The number of carbonyl (C=O) groups is 1. The van der Waals surface area contributed by atoms with Gasteiger partial charge < -0.3 is 9.64 Å². The molecule has 1 aromatic rings. The average molecular weight is 346 g/mol. The summed E-state index contributed by atoms with van der Waals surface area (Å²) >= 11 is 0. The number of nitro groups is 1. The fourth-order valence-electron chi connectivity index (χ4n) is 2.28. The van der Waals surface area contributed by atoms with Gasteiger partial charge in [-0.15, -0.1) is 0 Å². The number of benzene rings is 1. The van der Waals surface area contributed by atoms with Crippen LogP contribution >= 0.6 is 0 Å². The maximum Gasteiger partial charge on any atom is 0.311 e. The van der Waals surface area contributed by atoms with E-state index in [1.807, 2.05) is 0 Å². The molecule has 0 spiro atoms. The summed E-state index contributed by atoms with van der Waals surface area (Å²) in [6.07, 6.45) is 0.338. The Balaban J connectivity index is 2.02. The van der Waals surface area contributed by atoms with Gasteiger partial charge in [0, 0.05) is 25.2 Å². The number of nitro benzene ring substituents is 1. The quantitative estimate of drug-likeness (QED) is 0.575. The van der Waals surface area contributed by atoms with Gasteiger partial charge >= 0.3 is 5.69 Å². The van der Waals surface area contributed by atoms with Crippen molar-refractivity contribution in [3.63, 3.8) is 0 Å². The highest BCUT2D eigenvalue weighted by Crippen LogP contribution is 2.27. The molecule has 0 bridgehead atoms. The Morgan fingerprint density at radius 2 is 2.22 bits per heavy atom. The third-order valence-electron chi connectivity index (χ3n) is 3.62. The molecule has 1 saturated heterocycles. The van der Waals surface area contributed by atoms with Crippen molar-refractivity contribution >= 4 is 21.4 Å². The van der Waals surface area contributed by atoms with Gasteiger partial charge in [-0.25, -0.2) is 12.8 Å². The van der Waals surface area contributed by atoms with Gasteiger partial charge in [0.05, 0.1) is 16.4 Å². The lowest BCUT2D eigenvalue weighted by Gasteiger charge is -2.23. The monoisotopic (exact) mass is 346 g/mol. The van der Waals surface area contributed by atoms with Gasteiger partial charge in [0.15, 0.2) is 16.4 Å². The molecule has 0 radical (unpaired) electrons. The van der Waals surface area contributed by atoms with Crippen LogP contribution in [0.15, 0.2) is 18.2 Å². The number of hydrogen-bond donors (Lipinski definition) is 0. The molecule has 1 fully saturated rings. The number of likely N-dealkylation sites (N-methyl/N-ethyl adjacent to an activating group) is 1. The second kappa shape index (κ2) is 6.49. The smallest absolute Gasteiger partial charge is 0.311 e. The van der Waals surface area contributed by atoms with Gasteiger partial charge in [0.2, 0.25) is 5.75 Å². The third-order valence-corrected chi connectivity index (χ3v) is 5.37.